The second-order valence-electron chi connectivity index (χ2n) is 4.42. The lowest BCUT2D eigenvalue weighted by Gasteiger charge is -2.00. The van der Waals surface area contributed by atoms with Crippen LogP contribution in [0.2, 0.25) is 0 Å². The van der Waals surface area contributed by atoms with Crippen LogP contribution in [0, 0.1) is 0 Å². The third kappa shape index (κ3) is 2.98. The predicted octanol–water partition coefficient (Wildman–Crippen LogP) is 2.27. The third-order valence-corrected chi connectivity index (χ3v) is 2.95. The molecule has 1 aromatic carbocycles. The van der Waals surface area contributed by atoms with E-state index in [1.54, 1.807) is 43.5 Å². The second-order valence-corrected chi connectivity index (χ2v) is 4.42. The highest BCUT2D eigenvalue weighted by atomic mass is 16.5. The Morgan fingerprint density at radius 3 is 3.00 bits per heavy atom. The van der Waals surface area contributed by atoms with Gasteiger partial charge in [-0.15, -0.1) is 0 Å². The maximum Gasteiger partial charge on any atom is 0.316 e. The molecule has 0 aliphatic rings. The van der Waals surface area contributed by atoms with Crippen LogP contribution in [-0.2, 0) is 6.54 Å². The van der Waals surface area contributed by atoms with Crippen molar-refractivity contribution < 1.29 is 18.5 Å². The fraction of sp³-hybridized carbons (Fsp3) is 0.133. The standard InChI is InChI=1S/C15H13N3O4/c1-20-11-5-2-4-10(8-11)13-17-15(22-18-13)14(19)16-9-12-6-3-7-21-12/h2-8H,9H2,1H3,(H,16,19). The zero-order valence-electron chi connectivity index (χ0n) is 11.8. The average Bonchev–Trinajstić information content (AvgIpc) is 3.24. The number of amides is 1. The zero-order chi connectivity index (χ0) is 15.4. The van der Waals surface area contributed by atoms with Crippen LogP contribution >= 0.6 is 0 Å². The van der Waals surface area contributed by atoms with E-state index in [9.17, 15) is 4.79 Å². The molecule has 0 aliphatic carbocycles. The Bertz CT molecular complexity index is 765. The normalized spacial score (nSPS) is 10.4. The van der Waals surface area contributed by atoms with Gasteiger partial charge < -0.3 is 19.0 Å². The first kappa shape index (κ1) is 13.9. The number of methoxy groups -OCH3 is 1. The van der Waals surface area contributed by atoms with Crippen LogP contribution in [0.5, 0.6) is 5.75 Å². The molecular weight excluding hydrogens is 286 g/mol. The maximum atomic E-state index is 11.9. The smallest absolute Gasteiger partial charge is 0.316 e. The highest BCUT2D eigenvalue weighted by Gasteiger charge is 2.16. The lowest BCUT2D eigenvalue weighted by Crippen LogP contribution is -2.22. The van der Waals surface area contributed by atoms with Crippen LogP contribution in [0.1, 0.15) is 16.4 Å². The number of benzene rings is 1. The van der Waals surface area contributed by atoms with Gasteiger partial charge in [-0.25, -0.2) is 0 Å². The summed E-state index contributed by atoms with van der Waals surface area (Å²) in [5, 5.41) is 6.44. The van der Waals surface area contributed by atoms with Gasteiger partial charge in [0.2, 0.25) is 5.82 Å². The highest BCUT2D eigenvalue weighted by Crippen LogP contribution is 2.21. The molecule has 0 bridgehead atoms. The van der Waals surface area contributed by atoms with E-state index in [4.69, 9.17) is 13.7 Å². The monoisotopic (exact) mass is 299 g/mol. The minimum Gasteiger partial charge on any atom is -0.497 e. The number of aromatic nitrogens is 2. The Hall–Kier alpha value is -3.09. The summed E-state index contributed by atoms with van der Waals surface area (Å²) < 4.78 is 15.2. The minimum atomic E-state index is -0.460. The van der Waals surface area contributed by atoms with Crippen LogP contribution in [0.3, 0.4) is 0 Å². The van der Waals surface area contributed by atoms with Crippen LogP contribution in [0.25, 0.3) is 11.4 Å². The van der Waals surface area contributed by atoms with Gasteiger partial charge in [0.05, 0.1) is 19.9 Å². The molecule has 0 fully saturated rings. The summed E-state index contributed by atoms with van der Waals surface area (Å²) in [5.41, 5.74) is 0.702. The number of furan rings is 1. The van der Waals surface area contributed by atoms with Crippen LogP contribution in [0.4, 0.5) is 0 Å². The molecule has 7 heteroatoms. The third-order valence-electron chi connectivity index (χ3n) is 2.95. The lowest BCUT2D eigenvalue weighted by molar-refractivity contribution is 0.0904. The van der Waals surface area contributed by atoms with Gasteiger partial charge in [0.1, 0.15) is 11.5 Å². The van der Waals surface area contributed by atoms with E-state index in [1.165, 1.54) is 6.26 Å². The molecular formula is C15H13N3O4. The maximum absolute atomic E-state index is 11.9. The lowest BCUT2D eigenvalue weighted by atomic mass is 10.2. The van der Waals surface area contributed by atoms with Crippen molar-refractivity contribution in [3.63, 3.8) is 0 Å². The molecule has 0 atom stereocenters. The molecule has 1 amide bonds. The van der Waals surface area contributed by atoms with Crippen molar-refractivity contribution in [2.45, 2.75) is 6.54 Å². The Balaban J connectivity index is 1.71. The van der Waals surface area contributed by atoms with E-state index >= 15 is 0 Å². The molecule has 0 unspecified atom stereocenters. The van der Waals surface area contributed by atoms with Gasteiger partial charge in [-0.05, 0) is 24.3 Å². The molecule has 0 aliphatic heterocycles. The van der Waals surface area contributed by atoms with Crippen LogP contribution < -0.4 is 10.1 Å². The molecule has 1 N–H and O–H groups in total. The van der Waals surface area contributed by atoms with Gasteiger partial charge in [0.15, 0.2) is 0 Å². The van der Waals surface area contributed by atoms with Crippen molar-refractivity contribution in [1.82, 2.24) is 15.5 Å². The van der Waals surface area contributed by atoms with E-state index in [1.807, 2.05) is 0 Å². The molecule has 0 saturated heterocycles. The molecule has 3 rings (SSSR count). The average molecular weight is 299 g/mol. The summed E-state index contributed by atoms with van der Waals surface area (Å²) in [5.74, 6) is 1.07. The first-order valence-electron chi connectivity index (χ1n) is 6.55. The number of ether oxygens (including phenoxy) is 1. The Labute approximate surface area is 125 Å². The highest BCUT2D eigenvalue weighted by molar-refractivity contribution is 5.89. The first-order chi connectivity index (χ1) is 10.8. The number of carbonyl (C=O) groups excluding carboxylic acids is 1. The summed E-state index contributed by atoms with van der Waals surface area (Å²) in [4.78, 5) is 16.0. The van der Waals surface area contributed by atoms with Crippen molar-refractivity contribution in [1.29, 1.82) is 0 Å². The second kappa shape index (κ2) is 6.13. The molecule has 0 spiro atoms. The van der Waals surface area contributed by atoms with Gasteiger partial charge in [-0.3, -0.25) is 4.79 Å². The zero-order valence-corrected chi connectivity index (χ0v) is 11.8. The Morgan fingerprint density at radius 1 is 1.32 bits per heavy atom. The quantitative estimate of drug-likeness (QED) is 0.777. The molecule has 2 heterocycles. The van der Waals surface area contributed by atoms with Crippen molar-refractivity contribution in [2.24, 2.45) is 0 Å². The SMILES string of the molecule is COc1cccc(-c2noc(C(=O)NCc3ccco3)n2)c1. The molecule has 2 aromatic heterocycles. The molecule has 0 radical (unpaired) electrons. The van der Waals surface area contributed by atoms with Gasteiger partial charge in [0.25, 0.3) is 0 Å². The molecule has 0 saturated carbocycles. The van der Waals surface area contributed by atoms with Gasteiger partial charge in [-0.2, -0.15) is 4.98 Å². The van der Waals surface area contributed by atoms with Gasteiger partial charge in [0, 0.05) is 5.56 Å². The number of nitrogens with zero attached hydrogens (tertiary/aromatic N) is 2. The van der Waals surface area contributed by atoms with Gasteiger partial charge in [-0.1, -0.05) is 17.3 Å². The van der Waals surface area contributed by atoms with E-state index in [2.05, 4.69) is 15.5 Å². The fourth-order valence-corrected chi connectivity index (χ4v) is 1.85. The minimum absolute atomic E-state index is 0.107. The van der Waals surface area contributed by atoms with Crippen molar-refractivity contribution in [3.8, 4) is 17.1 Å². The van der Waals surface area contributed by atoms with Crippen molar-refractivity contribution >= 4 is 5.91 Å². The van der Waals surface area contributed by atoms with Crippen molar-refractivity contribution in [3.05, 3.63) is 54.3 Å². The molecule has 7 nitrogen and oxygen atoms in total. The number of hydrogen-bond acceptors (Lipinski definition) is 6. The summed E-state index contributed by atoms with van der Waals surface area (Å²) in [7, 11) is 1.57. The van der Waals surface area contributed by atoms with Gasteiger partial charge >= 0.3 is 11.8 Å². The topological polar surface area (TPSA) is 90.4 Å². The first-order valence-corrected chi connectivity index (χ1v) is 6.55. The summed E-state index contributed by atoms with van der Waals surface area (Å²) in [6, 6.07) is 10.7. The molecule has 112 valence electrons. The van der Waals surface area contributed by atoms with Crippen LogP contribution in [-0.4, -0.2) is 23.2 Å². The van der Waals surface area contributed by atoms with Crippen molar-refractivity contribution in [2.75, 3.05) is 7.11 Å². The van der Waals surface area contributed by atoms with E-state index in [0.717, 1.165) is 0 Å². The molecule has 3 aromatic rings. The number of hydrogen-bond donors (Lipinski definition) is 1. The Morgan fingerprint density at radius 2 is 2.23 bits per heavy atom. The molecule has 22 heavy (non-hydrogen) atoms. The summed E-state index contributed by atoms with van der Waals surface area (Å²) >= 11 is 0. The van der Waals surface area contributed by atoms with E-state index in [-0.39, 0.29) is 12.4 Å². The summed E-state index contributed by atoms with van der Waals surface area (Å²) in [6.07, 6.45) is 1.54. The van der Waals surface area contributed by atoms with E-state index in [0.29, 0.717) is 22.9 Å². The van der Waals surface area contributed by atoms with E-state index < -0.39 is 5.91 Å². The number of rotatable bonds is 5. The number of nitrogens with one attached hydrogen (secondary N) is 1. The number of carbonyl (C=O) groups is 1. The predicted molar refractivity (Wildman–Crippen MR) is 76.2 cm³/mol. The van der Waals surface area contributed by atoms with Crippen LogP contribution in [0.15, 0.2) is 51.6 Å². The largest absolute Gasteiger partial charge is 0.497 e. The Kier molecular flexibility index (Phi) is 3.86. The fourth-order valence-electron chi connectivity index (χ4n) is 1.85. The summed E-state index contributed by atoms with van der Waals surface area (Å²) in [6.45, 7) is 0.253.